The van der Waals surface area contributed by atoms with E-state index in [1.807, 2.05) is 11.0 Å². The number of hydrogen-bond acceptors (Lipinski definition) is 4. The first-order valence-electron chi connectivity index (χ1n) is 9.39. The van der Waals surface area contributed by atoms with Gasteiger partial charge in [0, 0.05) is 36.2 Å². The number of aromatic nitrogens is 1. The number of amides is 1. The van der Waals surface area contributed by atoms with Crippen LogP contribution < -0.4 is 4.74 Å². The summed E-state index contributed by atoms with van der Waals surface area (Å²) in [5, 5.41) is 10.3. The summed E-state index contributed by atoms with van der Waals surface area (Å²) in [7, 11) is 3.27. The fraction of sp³-hybridized carbons (Fsp3) is 0.261. The third-order valence-electron chi connectivity index (χ3n) is 4.91. The highest BCUT2D eigenvalue weighted by Gasteiger charge is 2.23. The Labute approximate surface area is 170 Å². The average Bonchev–Trinajstić information content (AvgIpc) is 3.12. The lowest BCUT2D eigenvalue weighted by atomic mass is 10.0. The summed E-state index contributed by atoms with van der Waals surface area (Å²) in [4.78, 5) is 19.0. The van der Waals surface area contributed by atoms with E-state index in [0.717, 1.165) is 24.2 Å². The van der Waals surface area contributed by atoms with Crippen molar-refractivity contribution in [2.24, 2.45) is 0 Å². The van der Waals surface area contributed by atoms with E-state index in [-0.39, 0.29) is 18.2 Å². The molecule has 6 heteroatoms. The van der Waals surface area contributed by atoms with Crippen LogP contribution in [0.2, 0.25) is 0 Å². The number of methoxy groups -OCH3 is 1. The average molecular weight is 391 g/mol. The molecular formula is C23H25N3O3. The van der Waals surface area contributed by atoms with Crippen molar-refractivity contribution in [2.75, 3.05) is 27.2 Å². The molecule has 0 atom stereocenters. The van der Waals surface area contributed by atoms with E-state index in [4.69, 9.17) is 16.3 Å². The lowest BCUT2D eigenvalue weighted by Crippen LogP contribution is -2.40. The summed E-state index contributed by atoms with van der Waals surface area (Å²) >= 11 is 0. The van der Waals surface area contributed by atoms with Gasteiger partial charge >= 0.3 is 0 Å². The van der Waals surface area contributed by atoms with Crippen LogP contribution in [0, 0.1) is 12.5 Å². The Morgan fingerprint density at radius 2 is 2.00 bits per heavy atom. The molecule has 1 amide bonds. The van der Waals surface area contributed by atoms with Crippen molar-refractivity contribution in [3.63, 3.8) is 0 Å². The molecule has 2 heterocycles. The summed E-state index contributed by atoms with van der Waals surface area (Å²) in [5.41, 5.74) is 3.64. The van der Waals surface area contributed by atoms with Gasteiger partial charge < -0.3 is 24.6 Å². The van der Waals surface area contributed by atoms with Crippen molar-refractivity contribution in [3.8, 4) is 24.0 Å². The SMILES string of the molecule is C#CN(C)CC(=O)N1CCc2c([nH]c3ccccc23)C1.COc1ccccc1O. The van der Waals surface area contributed by atoms with Crippen LogP contribution in [0.25, 0.3) is 10.9 Å². The molecule has 150 valence electrons. The van der Waals surface area contributed by atoms with Gasteiger partial charge in [-0.25, -0.2) is 0 Å². The van der Waals surface area contributed by atoms with Gasteiger partial charge in [-0.1, -0.05) is 36.8 Å². The van der Waals surface area contributed by atoms with Crippen molar-refractivity contribution in [2.45, 2.75) is 13.0 Å². The standard InChI is InChI=1S/C16H17N3O.C7H8O2/c1-3-18(2)11-16(20)19-9-8-13-12-6-4-5-7-14(12)17-15(13)10-19;1-9-7-5-3-2-4-6(7)8/h1,4-7,17H,8-11H2,2H3;2-5,8H,1H3. The highest BCUT2D eigenvalue weighted by atomic mass is 16.5. The Morgan fingerprint density at radius 1 is 1.28 bits per heavy atom. The second kappa shape index (κ2) is 9.07. The number of carbonyl (C=O) groups is 1. The number of hydrogen-bond donors (Lipinski definition) is 2. The van der Waals surface area contributed by atoms with Crippen LogP contribution in [0.5, 0.6) is 11.5 Å². The van der Waals surface area contributed by atoms with Crippen molar-refractivity contribution in [1.29, 1.82) is 0 Å². The van der Waals surface area contributed by atoms with E-state index in [0.29, 0.717) is 12.3 Å². The van der Waals surface area contributed by atoms with Crippen molar-refractivity contribution in [1.82, 2.24) is 14.8 Å². The van der Waals surface area contributed by atoms with E-state index in [2.05, 4.69) is 29.2 Å². The molecule has 0 bridgehead atoms. The number of fused-ring (bicyclic) bond motifs is 3. The zero-order valence-electron chi connectivity index (χ0n) is 16.7. The minimum atomic E-state index is 0.0785. The molecule has 0 unspecified atom stereocenters. The third kappa shape index (κ3) is 4.64. The first-order valence-corrected chi connectivity index (χ1v) is 9.39. The van der Waals surface area contributed by atoms with E-state index >= 15 is 0 Å². The molecule has 2 aromatic carbocycles. The number of nitrogens with one attached hydrogen (secondary N) is 1. The second-order valence-corrected chi connectivity index (χ2v) is 6.85. The van der Waals surface area contributed by atoms with Gasteiger partial charge in [-0.2, -0.15) is 0 Å². The molecule has 0 fully saturated rings. The molecule has 29 heavy (non-hydrogen) atoms. The van der Waals surface area contributed by atoms with Crippen LogP contribution in [0.4, 0.5) is 0 Å². The number of phenolic OH excluding ortho intramolecular Hbond substituents is 1. The predicted molar refractivity (Wildman–Crippen MR) is 114 cm³/mol. The highest BCUT2D eigenvalue weighted by molar-refractivity contribution is 5.86. The Morgan fingerprint density at radius 3 is 2.69 bits per heavy atom. The molecule has 2 N–H and O–H groups in total. The van der Waals surface area contributed by atoms with Crippen LogP contribution in [-0.2, 0) is 17.8 Å². The maximum absolute atomic E-state index is 12.2. The Hall–Kier alpha value is -3.59. The lowest BCUT2D eigenvalue weighted by Gasteiger charge is -2.28. The molecular weight excluding hydrogens is 366 g/mol. The second-order valence-electron chi connectivity index (χ2n) is 6.85. The topological polar surface area (TPSA) is 68.8 Å². The zero-order valence-corrected chi connectivity index (χ0v) is 16.7. The lowest BCUT2D eigenvalue weighted by molar-refractivity contribution is -0.132. The molecule has 1 aliphatic rings. The number of para-hydroxylation sites is 3. The summed E-state index contributed by atoms with van der Waals surface area (Å²) in [6.07, 6.45) is 6.17. The molecule has 0 radical (unpaired) electrons. The molecule has 6 nitrogen and oxygen atoms in total. The normalized spacial score (nSPS) is 12.4. The van der Waals surface area contributed by atoms with Crippen LogP contribution in [0.15, 0.2) is 48.5 Å². The van der Waals surface area contributed by atoms with Gasteiger partial charge in [0.05, 0.1) is 13.7 Å². The molecule has 1 aliphatic heterocycles. The van der Waals surface area contributed by atoms with Gasteiger partial charge in [-0.15, -0.1) is 0 Å². The number of likely N-dealkylation sites (N-methyl/N-ethyl adjacent to an activating group) is 1. The molecule has 3 aromatic rings. The number of terminal acetylenes is 1. The summed E-state index contributed by atoms with van der Waals surface area (Å²) < 4.78 is 4.79. The smallest absolute Gasteiger partial charge is 0.243 e. The van der Waals surface area contributed by atoms with E-state index in [9.17, 15) is 4.79 Å². The number of phenols is 1. The van der Waals surface area contributed by atoms with Crippen molar-refractivity contribution >= 4 is 16.8 Å². The van der Waals surface area contributed by atoms with Crippen molar-refractivity contribution < 1.29 is 14.6 Å². The predicted octanol–water partition coefficient (Wildman–Crippen LogP) is 2.98. The number of rotatable bonds is 3. The molecule has 1 aromatic heterocycles. The van der Waals surface area contributed by atoms with Crippen LogP contribution >= 0.6 is 0 Å². The summed E-state index contributed by atoms with van der Waals surface area (Å²) in [5.74, 6) is 0.771. The number of aromatic hydroxyl groups is 1. The number of aromatic amines is 1. The highest BCUT2D eigenvalue weighted by Crippen LogP contribution is 2.27. The van der Waals surface area contributed by atoms with E-state index in [1.165, 1.54) is 18.1 Å². The number of carbonyl (C=O) groups excluding carboxylic acids is 1. The van der Waals surface area contributed by atoms with Gasteiger partial charge in [0.1, 0.15) is 6.54 Å². The minimum absolute atomic E-state index is 0.0785. The van der Waals surface area contributed by atoms with Gasteiger partial charge in [0.25, 0.3) is 0 Å². The first-order chi connectivity index (χ1) is 14.0. The Balaban J connectivity index is 0.000000224. The zero-order chi connectivity index (χ0) is 20.8. The molecule has 0 aliphatic carbocycles. The molecule has 0 saturated carbocycles. The maximum Gasteiger partial charge on any atom is 0.243 e. The number of benzene rings is 2. The van der Waals surface area contributed by atoms with Crippen molar-refractivity contribution in [3.05, 3.63) is 59.8 Å². The van der Waals surface area contributed by atoms with Crippen LogP contribution in [-0.4, -0.2) is 53.0 Å². The monoisotopic (exact) mass is 391 g/mol. The fourth-order valence-electron chi connectivity index (χ4n) is 3.38. The van der Waals surface area contributed by atoms with E-state index in [1.54, 1.807) is 36.2 Å². The number of ether oxygens (including phenoxy) is 1. The number of nitrogens with zero attached hydrogens (tertiary/aromatic N) is 2. The van der Waals surface area contributed by atoms with Gasteiger partial charge in [-0.3, -0.25) is 4.79 Å². The fourth-order valence-corrected chi connectivity index (χ4v) is 3.38. The first kappa shape index (κ1) is 20.2. The third-order valence-corrected chi connectivity index (χ3v) is 4.91. The largest absolute Gasteiger partial charge is 0.504 e. The maximum atomic E-state index is 12.2. The molecule has 4 rings (SSSR count). The minimum Gasteiger partial charge on any atom is -0.504 e. The van der Waals surface area contributed by atoms with Gasteiger partial charge in [0.2, 0.25) is 5.91 Å². The Bertz CT molecular complexity index is 1040. The molecule has 0 saturated heterocycles. The Kier molecular flexibility index (Phi) is 6.30. The number of H-pyrrole nitrogens is 1. The van der Waals surface area contributed by atoms with E-state index < -0.39 is 0 Å². The quantitative estimate of drug-likeness (QED) is 0.532. The van der Waals surface area contributed by atoms with Crippen LogP contribution in [0.3, 0.4) is 0 Å². The van der Waals surface area contributed by atoms with Crippen LogP contribution in [0.1, 0.15) is 11.3 Å². The summed E-state index contributed by atoms with van der Waals surface area (Å²) in [6, 6.07) is 17.6. The summed E-state index contributed by atoms with van der Waals surface area (Å²) in [6.45, 7) is 1.67. The van der Waals surface area contributed by atoms with Gasteiger partial charge in [0.15, 0.2) is 11.5 Å². The van der Waals surface area contributed by atoms with Gasteiger partial charge in [-0.05, 0) is 30.2 Å². The molecule has 0 spiro atoms.